The van der Waals surface area contributed by atoms with Crippen molar-refractivity contribution in [3.63, 3.8) is 0 Å². The molecule has 0 aliphatic rings. The minimum Gasteiger partial charge on any atom is -0.492 e. The van der Waals surface area contributed by atoms with Crippen LogP contribution in [-0.2, 0) is 16.6 Å². The quantitative estimate of drug-likeness (QED) is 0.832. The lowest BCUT2D eigenvalue weighted by atomic mass is 10.0. The third-order valence-electron chi connectivity index (χ3n) is 3.41. The third-order valence-corrected chi connectivity index (χ3v) is 4.75. The Kier molecular flexibility index (Phi) is 5.90. The molecule has 0 radical (unpaired) electrons. The maximum Gasteiger partial charge on any atom is 0.211 e. The number of nitriles is 1. The molecule has 2 rings (SSSR count). The average molecular weight is 345 g/mol. The normalized spacial score (nSPS) is 11.0. The van der Waals surface area contributed by atoms with E-state index in [1.54, 1.807) is 31.5 Å². The number of aromatic nitrogens is 1. The molecule has 1 aromatic heterocycles. The molecule has 0 fully saturated rings. The van der Waals surface area contributed by atoms with Gasteiger partial charge in [0, 0.05) is 24.5 Å². The molecule has 2 aromatic rings. The largest absolute Gasteiger partial charge is 0.492 e. The molecule has 1 aromatic carbocycles. The molecule has 0 saturated carbocycles. The molecule has 0 aliphatic carbocycles. The number of hydrogen-bond acceptors (Lipinski definition) is 5. The first kappa shape index (κ1) is 17.9. The van der Waals surface area contributed by atoms with E-state index < -0.39 is 10.0 Å². The molecule has 0 amide bonds. The average Bonchev–Trinajstić information content (AvgIpc) is 2.60. The molecule has 6 nitrogen and oxygen atoms in total. The molecule has 7 heteroatoms. The smallest absolute Gasteiger partial charge is 0.211 e. The molecule has 24 heavy (non-hydrogen) atoms. The van der Waals surface area contributed by atoms with Gasteiger partial charge in [-0.2, -0.15) is 5.26 Å². The fraction of sp³-hybridized carbons (Fsp3) is 0.294. The van der Waals surface area contributed by atoms with Crippen molar-refractivity contribution in [2.24, 2.45) is 0 Å². The van der Waals surface area contributed by atoms with Gasteiger partial charge in [-0.15, -0.1) is 0 Å². The highest BCUT2D eigenvalue weighted by molar-refractivity contribution is 7.89. The third kappa shape index (κ3) is 4.54. The SMILES string of the molecule is CCOc1cc(-c2cncc(CNS(=O)(=O)CC)c2)ccc1C#N. The Labute approximate surface area is 142 Å². The molecular formula is C17H19N3O3S. The summed E-state index contributed by atoms with van der Waals surface area (Å²) in [6.07, 6.45) is 3.31. The van der Waals surface area contributed by atoms with E-state index in [2.05, 4.69) is 15.8 Å². The Morgan fingerprint density at radius 3 is 2.67 bits per heavy atom. The predicted octanol–water partition coefficient (Wildman–Crippen LogP) is 2.46. The van der Waals surface area contributed by atoms with Crippen LogP contribution in [0.2, 0.25) is 0 Å². The zero-order valence-corrected chi connectivity index (χ0v) is 14.4. The summed E-state index contributed by atoms with van der Waals surface area (Å²) < 4.78 is 31.1. The lowest BCUT2D eigenvalue weighted by Gasteiger charge is -2.10. The maximum absolute atomic E-state index is 11.5. The number of nitrogens with zero attached hydrogens (tertiary/aromatic N) is 2. The van der Waals surface area contributed by atoms with Gasteiger partial charge in [0.2, 0.25) is 10.0 Å². The zero-order chi connectivity index (χ0) is 17.6. The number of nitrogens with one attached hydrogen (secondary N) is 1. The first-order valence-corrected chi connectivity index (χ1v) is 9.23. The first-order chi connectivity index (χ1) is 11.5. The highest BCUT2D eigenvalue weighted by Gasteiger charge is 2.09. The highest BCUT2D eigenvalue weighted by atomic mass is 32.2. The van der Waals surface area contributed by atoms with Gasteiger partial charge in [-0.1, -0.05) is 6.07 Å². The molecule has 0 atom stereocenters. The van der Waals surface area contributed by atoms with Crippen LogP contribution in [-0.4, -0.2) is 25.8 Å². The molecule has 0 spiro atoms. The number of benzene rings is 1. The summed E-state index contributed by atoms with van der Waals surface area (Å²) in [6, 6.07) is 9.27. The van der Waals surface area contributed by atoms with Crippen molar-refractivity contribution in [1.29, 1.82) is 5.26 Å². The van der Waals surface area contributed by atoms with E-state index in [-0.39, 0.29) is 12.3 Å². The summed E-state index contributed by atoms with van der Waals surface area (Å²) in [5, 5.41) is 9.11. The lowest BCUT2D eigenvalue weighted by molar-refractivity contribution is 0.339. The Morgan fingerprint density at radius 1 is 1.21 bits per heavy atom. The number of hydrogen-bond donors (Lipinski definition) is 1. The lowest BCUT2D eigenvalue weighted by Crippen LogP contribution is -2.24. The van der Waals surface area contributed by atoms with Crippen LogP contribution in [0.5, 0.6) is 5.75 Å². The van der Waals surface area contributed by atoms with E-state index in [0.717, 1.165) is 16.7 Å². The minimum absolute atomic E-state index is 0.0352. The molecule has 0 aliphatic heterocycles. The van der Waals surface area contributed by atoms with Crippen molar-refractivity contribution in [2.75, 3.05) is 12.4 Å². The van der Waals surface area contributed by atoms with Gasteiger partial charge < -0.3 is 4.74 Å². The summed E-state index contributed by atoms with van der Waals surface area (Å²) in [7, 11) is -3.25. The van der Waals surface area contributed by atoms with E-state index in [4.69, 9.17) is 10.00 Å². The topological polar surface area (TPSA) is 92.1 Å². The second-order valence-corrected chi connectivity index (χ2v) is 7.16. The van der Waals surface area contributed by atoms with E-state index >= 15 is 0 Å². The molecule has 1 N–H and O–H groups in total. The second kappa shape index (κ2) is 7.90. The summed E-state index contributed by atoms with van der Waals surface area (Å²) >= 11 is 0. The van der Waals surface area contributed by atoms with Gasteiger partial charge in [-0.05, 0) is 43.2 Å². The zero-order valence-electron chi connectivity index (χ0n) is 13.6. The van der Waals surface area contributed by atoms with Gasteiger partial charge in [-0.3, -0.25) is 4.98 Å². The van der Waals surface area contributed by atoms with Crippen LogP contribution < -0.4 is 9.46 Å². The van der Waals surface area contributed by atoms with Crippen LogP contribution >= 0.6 is 0 Å². The Balaban J connectivity index is 2.28. The van der Waals surface area contributed by atoms with Crippen molar-refractivity contribution in [1.82, 2.24) is 9.71 Å². The fourth-order valence-corrected chi connectivity index (χ4v) is 2.70. The molecule has 126 valence electrons. The number of ether oxygens (including phenoxy) is 1. The van der Waals surface area contributed by atoms with Crippen LogP contribution in [0.25, 0.3) is 11.1 Å². The van der Waals surface area contributed by atoms with Crippen molar-refractivity contribution < 1.29 is 13.2 Å². The van der Waals surface area contributed by atoms with Crippen molar-refractivity contribution >= 4 is 10.0 Å². The van der Waals surface area contributed by atoms with Gasteiger partial charge in [0.15, 0.2) is 0 Å². The monoisotopic (exact) mass is 345 g/mol. The summed E-state index contributed by atoms with van der Waals surface area (Å²) in [5.41, 5.74) is 2.91. The fourth-order valence-electron chi connectivity index (χ4n) is 2.11. The molecular weight excluding hydrogens is 326 g/mol. The summed E-state index contributed by atoms with van der Waals surface area (Å²) in [6.45, 7) is 4.10. The molecule has 1 heterocycles. The van der Waals surface area contributed by atoms with E-state index in [0.29, 0.717) is 17.9 Å². The number of pyridine rings is 1. The Bertz CT molecular complexity index is 858. The summed E-state index contributed by atoms with van der Waals surface area (Å²) in [4.78, 5) is 4.17. The molecule has 0 bridgehead atoms. The molecule has 0 unspecified atom stereocenters. The highest BCUT2D eigenvalue weighted by Crippen LogP contribution is 2.27. The van der Waals surface area contributed by atoms with Crippen LogP contribution in [0.3, 0.4) is 0 Å². The van der Waals surface area contributed by atoms with Crippen molar-refractivity contribution in [3.05, 3.63) is 47.8 Å². The minimum atomic E-state index is -3.25. The Hall–Kier alpha value is -2.43. The van der Waals surface area contributed by atoms with Crippen molar-refractivity contribution in [2.45, 2.75) is 20.4 Å². The number of rotatable bonds is 7. The van der Waals surface area contributed by atoms with E-state index in [1.165, 1.54) is 0 Å². The van der Waals surface area contributed by atoms with Gasteiger partial charge in [0.25, 0.3) is 0 Å². The standard InChI is InChI=1S/C17H19N3O3S/c1-3-23-17-8-14(5-6-15(17)9-18)16-7-13(10-19-12-16)11-20-24(21,22)4-2/h5-8,10,12,20H,3-4,11H2,1-2H3. The van der Waals surface area contributed by atoms with Crippen LogP contribution in [0, 0.1) is 11.3 Å². The number of sulfonamides is 1. The van der Waals surface area contributed by atoms with E-state index in [9.17, 15) is 8.42 Å². The van der Waals surface area contributed by atoms with Gasteiger partial charge in [-0.25, -0.2) is 13.1 Å². The Morgan fingerprint density at radius 2 is 2.00 bits per heavy atom. The van der Waals surface area contributed by atoms with Crippen molar-refractivity contribution in [3.8, 4) is 22.9 Å². The summed E-state index contributed by atoms with van der Waals surface area (Å²) in [5.74, 6) is 0.558. The molecule has 0 saturated heterocycles. The first-order valence-electron chi connectivity index (χ1n) is 7.57. The van der Waals surface area contributed by atoms with Gasteiger partial charge in [0.05, 0.1) is 17.9 Å². The predicted molar refractivity (Wildman–Crippen MR) is 91.9 cm³/mol. The van der Waals surface area contributed by atoms with Crippen LogP contribution in [0.4, 0.5) is 0 Å². The van der Waals surface area contributed by atoms with Crippen LogP contribution in [0.1, 0.15) is 25.0 Å². The van der Waals surface area contributed by atoms with Crippen LogP contribution in [0.15, 0.2) is 36.7 Å². The van der Waals surface area contributed by atoms with Gasteiger partial charge in [0.1, 0.15) is 11.8 Å². The maximum atomic E-state index is 11.5. The second-order valence-electron chi connectivity index (χ2n) is 5.06. The van der Waals surface area contributed by atoms with E-state index in [1.807, 2.05) is 19.1 Å². The van der Waals surface area contributed by atoms with Gasteiger partial charge >= 0.3 is 0 Å².